The number of nitrogens with zero attached hydrogens (tertiary/aromatic N) is 1. The van der Waals surface area contributed by atoms with Crippen LogP contribution in [0.25, 0.3) is 10.6 Å². The van der Waals surface area contributed by atoms with Crippen LogP contribution in [0, 0.1) is 12.7 Å². The minimum absolute atomic E-state index is 0.0403. The Morgan fingerprint density at radius 2 is 2.00 bits per heavy atom. The molecule has 1 aliphatic carbocycles. The van der Waals surface area contributed by atoms with Gasteiger partial charge in [-0.25, -0.2) is 9.37 Å². The molecule has 0 bridgehead atoms. The van der Waals surface area contributed by atoms with Gasteiger partial charge in [0.05, 0.1) is 17.8 Å². The normalized spacial score (nSPS) is 16.5. The zero-order valence-electron chi connectivity index (χ0n) is 12.9. The van der Waals surface area contributed by atoms with Crippen molar-refractivity contribution in [3.05, 3.63) is 40.7 Å². The summed E-state index contributed by atoms with van der Waals surface area (Å²) in [5, 5.41) is 13.3. The van der Waals surface area contributed by atoms with Crippen molar-refractivity contribution in [2.75, 3.05) is 6.61 Å². The van der Waals surface area contributed by atoms with E-state index in [9.17, 15) is 14.3 Å². The van der Waals surface area contributed by atoms with E-state index in [1.165, 1.54) is 23.5 Å². The lowest BCUT2D eigenvalue weighted by Gasteiger charge is -2.27. The SMILES string of the molecule is Cc1nc(-c2ccc(F)cc2)sc1C(=O)NC1(CO)CCCC1. The minimum Gasteiger partial charge on any atom is -0.394 e. The van der Waals surface area contributed by atoms with Crippen molar-refractivity contribution in [3.8, 4) is 10.6 Å². The van der Waals surface area contributed by atoms with Crippen LogP contribution in [-0.4, -0.2) is 28.1 Å². The van der Waals surface area contributed by atoms with E-state index < -0.39 is 5.54 Å². The fourth-order valence-electron chi connectivity index (χ4n) is 3.00. The Morgan fingerprint density at radius 3 is 2.61 bits per heavy atom. The summed E-state index contributed by atoms with van der Waals surface area (Å²) in [4.78, 5) is 17.5. The molecule has 3 rings (SSSR count). The van der Waals surface area contributed by atoms with Gasteiger partial charge in [-0.2, -0.15) is 0 Å². The minimum atomic E-state index is -0.496. The van der Waals surface area contributed by atoms with Crippen LogP contribution in [0.2, 0.25) is 0 Å². The van der Waals surface area contributed by atoms with Gasteiger partial charge in [0.15, 0.2) is 0 Å². The highest BCUT2D eigenvalue weighted by Gasteiger charge is 2.35. The smallest absolute Gasteiger partial charge is 0.263 e. The number of aryl methyl sites for hydroxylation is 1. The molecule has 1 aliphatic rings. The number of aromatic nitrogens is 1. The number of nitrogens with one attached hydrogen (secondary N) is 1. The van der Waals surface area contributed by atoms with E-state index in [0.717, 1.165) is 31.2 Å². The molecule has 0 spiro atoms. The Balaban J connectivity index is 1.83. The number of benzene rings is 1. The standard InChI is InChI=1S/C17H19FN2O2S/c1-11-14(15(22)20-17(10-21)8-2-3-9-17)23-16(19-11)12-4-6-13(18)7-5-12/h4-7,21H,2-3,8-10H2,1H3,(H,20,22). The van der Waals surface area contributed by atoms with Crippen LogP contribution in [-0.2, 0) is 0 Å². The number of carbonyl (C=O) groups excluding carboxylic acids is 1. The molecule has 2 aromatic rings. The first kappa shape index (κ1) is 16.1. The van der Waals surface area contributed by atoms with Crippen molar-refractivity contribution in [1.29, 1.82) is 0 Å². The summed E-state index contributed by atoms with van der Waals surface area (Å²) in [6, 6.07) is 6.07. The van der Waals surface area contributed by atoms with E-state index >= 15 is 0 Å². The van der Waals surface area contributed by atoms with Crippen LogP contribution in [0.5, 0.6) is 0 Å². The average molecular weight is 334 g/mol. The maximum absolute atomic E-state index is 13.0. The van der Waals surface area contributed by atoms with Crippen molar-refractivity contribution in [2.24, 2.45) is 0 Å². The number of hydrogen-bond donors (Lipinski definition) is 2. The number of amides is 1. The van der Waals surface area contributed by atoms with Crippen LogP contribution in [0.15, 0.2) is 24.3 Å². The first-order valence-electron chi connectivity index (χ1n) is 7.70. The van der Waals surface area contributed by atoms with Crippen molar-refractivity contribution in [1.82, 2.24) is 10.3 Å². The second-order valence-corrected chi connectivity index (χ2v) is 7.04. The molecule has 1 heterocycles. The Morgan fingerprint density at radius 1 is 1.35 bits per heavy atom. The molecule has 0 atom stereocenters. The van der Waals surface area contributed by atoms with Gasteiger partial charge in [0.25, 0.3) is 5.91 Å². The molecule has 1 saturated carbocycles. The van der Waals surface area contributed by atoms with E-state index in [1.807, 2.05) is 0 Å². The molecule has 23 heavy (non-hydrogen) atoms. The quantitative estimate of drug-likeness (QED) is 0.902. The van der Waals surface area contributed by atoms with Gasteiger partial charge in [-0.1, -0.05) is 12.8 Å². The number of aliphatic hydroxyl groups is 1. The summed E-state index contributed by atoms with van der Waals surface area (Å²) >= 11 is 1.29. The molecule has 1 aromatic carbocycles. The molecule has 0 aliphatic heterocycles. The lowest BCUT2D eigenvalue weighted by atomic mass is 9.99. The van der Waals surface area contributed by atoms with Crippen molar-refractivity contribution in [3.63, 3.8) is 0 Å². The van der Waals surface area contributed by atoms with E-state index in [2.05, 4.69) is 10.3 Å². The Hall–Kier alpha value is -1.79. The second-order valence-electron chi connectivity index (χ2n) is 6.04. The van der Waals surface area contributed by atoms with Crippen LogP contribution >= 0.6 is 11.3 Å². The number of thiazole rings is 1. The van der Waals surface area contributed by atoms with E-state index in [-0.39, 0.29) is 18.3 Å². The third kappa shape index (κ3) is 3.28. The largest absolute Gasteiger partial charge is 0.394 e. The Bertz CT molecular complexity index is 706. The summed E-state index contributed by atoms with van der Waals surface area (Å²) in [5.41, 5.74) is 0.943. The molecular formula is C17H19FN2O2S. The molecule has 1 fully saturated rings. The zero-order chi connectivity index (χ0) is 16.4. The predicted octanol–water partition coefficient (Wildman–Crippen LogP) is 3.29. The summed E-state index contributed by atoms with van der Waals surface area (Å²) in [6.07, 6.45) is 3.64. The molecule has 6 heteroatoms. The van der Waals surface area contributed by atoms with E-state index in [0.29, 0.717) is 15.6 Å². The van der Waals surface area contributed by atoms with Gasteiger partial charge >= 0.3 is 0 Å². The molecule has 1 aromatic heterocycles. The van der Waals surface area contributed by atoms with Gasteiger partial charge in [0.1, 0.15) is 15.7 Å². The average Bonchev–Trinajstić information content (AvgIpc) is 3.15. The highest BCUT2D eigenvalue weighted by molar-refractivity contribution is 7.17. The third-order valence-corrected chi connectivity index (χ3v) is 5.54. The van der Waals surface area contributed by atoms with Gasteiger partial charge in [-0.3, -0.25) is 4.79 Å². The molecule has 0 unspecified atom stereocenters. The fourth-order valence-corrected chi connectivity index (χ4v) is 3.96. The number of rotatable bonds is 4. The van der Waals surface area contributed by atoms with E-state index in [4.69, 9.17) is 0 Å². The number of carbonyl (C=O) groups is 1. The number of hydrogen-bond acceptors (Lipinski definition) is 4. The maximum Gasteiger partial charge on any atom is 0.263 e. The molecule has 4 nitrogen and oxygen atoms in total. The highest BCUT2D eigenvalue weighted by atomic mass is 32.1. The summed E-state index contributed by atoms with van der Waals surface area (Å²) in [6.45, 7) is 1.75. The lowest BCUT2D eigenvalue weighted by Crippen LogP contribution is -2.49. The molecule has 0 saturated heterocycles. The number of aliphatic hydroxyl groups excluding tert-OH is 1. The summed E-state index contributed by atoms with van der Waals surface area (Å²) < 4.78 is 13.0. The lowest BCUT2D eigenvalue weighted by molar-refractivity contribution is 0.0842. The zero-order valence-corrected chi connectivity index (χ0v) is 13.8. The third-order valence-electron chi connectivity index (χ3n) is 4.34. The molecule has 2 N–H and O–H groups in total. The fraction of sp³-hybridized carbons (Fsp3) is 0.412. The monoisotopic (exact) mass is 334 g/mol. The van der Waals surface area contributed by atoms with Crippen LogP contribution in [0.1, 0.15) is 41.0 Å². The summed E-state index contributed by atoms with van der Waals surface area (Å²) in [7, 11) is 0. The van der Waals surface area contributed by atoms with Gasteiger partial charge in [-0.15, -0.1) is 11.3 Å². The topological polar surface area (TPSA) is 62.2 Å². The van der Waals surface area contributed by atoms with E-state index in [1.54, 1.807) is 19.1 Å². The van der Waals surface area contributed by atoms with Crippen LogP contribution in [0.3, 0.4) is 0 Å². The Labute approximate surface area is 138 Å². The first-order chi connectivity index (χ1) is 11.0. The molecule has 0 radical (unpaired) electrons. The predicted molar refractivity (Wildman–Crippen MR) is 88.0 cm³/mol. The van der Waals surface area contributed by atoms with Gasteiger partial charge in [0.2, 0.25) is 0 Å². The first-order valence-corrected chi connectivity index (χ1v) is 8.51. The molecule has 1 amide bonds. The second kappa shape index (κ2) is 6.37. The van der Waals surface area contributed by atoms with Crippen molar-refractivity contribution < 1.29 is 14.3 Å². The van der Waals surface area contributed by atoms with Crippen LogP contribution in [0.4, 0.5) is 4.39 Å². The number of halogens is 1. The maximum atomic E-state index is 13.0. The molecule has 122 valence electrons. The summed E-state index contributed by atoms with van der Waals surface area (Å²) in [5.74, 6) is -0.490. The van der Waals surface area contributed by atoms with Gasteiger partial charge in [-0.05, 0) is 44.0 Å². The van der Waals surface area contributed by atoms with Crippen molar-refractivity contribution >= 4 is 17.2 Å². The molecular weight excluding hydrogens is 315 g/mol. The van der Waals surface area contributed by atoms with Gasteiger partial charge < -0.3 is 10.4 Å². The Kier molecular flexibility index (Phi) is 4.46. The van der Waals surface area contributed by atoms with Gasteiger partial charge in [0, 0.05) is 5.56 Å². The van der Waals surface area contributed by atoms with Crippen LogP contribution < -0.4 is 5.32 Å². The van der Waals surface area contributed by atoms with Crippen molar-refractivity contribution in [2.45, 2.75) is 38.1 Å². The highest BCUT2D eigenvalue weighted by Crippen LogP contribution is 2.32.